The predicted octanol–water partition coefficient (Wildman–Crippen LogP) is 5.58. The van der Waals surface area contributed by atoms with Crippen LogP contribution in [0.3, 0.4) is 0 Å². The molecule has 9 nitrogen and oxygen atoms in total. The molecule has 0 aliphatic carbocycles. The van der Waals surface area contributed by atoms with Crippen LogP contribution in [0, 0.1) is 0 Å². The fraction of sp³-hybridized carbons (Fsp3) is 0.429. The van der Waals surface area contributed by atoms with Gasteiger partial charge >= 0.3 is 6.36 Å². The van der Waals surface area contributed by atoms with Gasteiger partial charge in [0.2, 0.25) is 0 Å². The second-order valence-corrected chi connectivity index (χ2v) is 12.9. The third kappa shape index (κ3) is 10.6. The lowest BCUT2D eigenvalue weighted by Gasteiger charge is -2.35. The van der Waals surface area contributed by atoms with Crippen molar-refractivity contribution in [2.75, 3.05) is 59.4 Å². The van der Waals surface area contributed by atoms with Crippen LogP contribution in [0.25, 0.3) is 22.2 Å². The predicted molar refractivity (Wildman–Crippen MR) is 188 cm³/mol. The summed E-state index contributed by atoms with van der Waals surface area (Å²) in [6, 6.07) is 13.8. The number of aromatic nitrogens is 2. The first-order chi connectivity index (χ1) is 23.6. The summed E-state index contributed by atoms with van der Waals surface area (Å²) in [6.07, 6.45) is 1.10. The van der Waals surface area contributed by atoms with Gasteiger partial charge in [-0.15, -0.1) is 13.2 Å². The van der Waals surface area contributed by atoms with Crippen LogP contribution in [0.15, 0.2) is 60.9 Å². The van der Waals surface area contributed by atoms with E-state index in [2.05, 4.69) is 41.1 Å². The fourth-order valence-electron chi connectivity index (χ4n) is 6.01. The van der Waals surface area contributed by atoms with Crippen molar-refractivity contribution in [2.45, 2.75) is 38.5 Å². The molecule has 2 aliphatic heterocycles. The van der Waals surface area contributed by atoms with E-state index < -0.39 is 6.36 Å². The van der Waals surface area contributed by atoms with E-state index >= 15 is 0 Å². The number of pyridine rings is 1. The number of hydrogen-bond acceptors (Lipinski definition) is 8. The topological polar surface area (TPSA) is 86.7 Å². The van der Waals surface area contributed by atoms with Crippen LogP contribution < -0.4 is 20.7 Å². The average molecular weight is 721 g/mol. The zero-order valence-corrected chi connectivity index (χ0v) is 28.9. The van der Waals surface area contributed by atoms with E-state index in [1.807, 2.05) is 37.6 Å². The summed E-state index contributed by atoms with van der Waals surface area (Å²) >= 11 is 12.8. The van der Waals surface area contributed by atoms with Gasteiger partial charge in [0, 0.05) is 104 Å². The summed E-state index contributed by atoms with van der Waals surface area (Å²) in [6.45, 7) is 9.38. The van der Waals surface area contributed by atoms with E-state index in [-0.39, 0.29) is 11.8 Å². The molecule has 264 valence electrons. The second-order valence-electron chi connectivity index (χ2n) is 12.1. The number of halogens is 5. The lowest BCUT2D eigenvalue weighted by Crippen LogP contribution is -2.48. The molecular weight excluding hydrogens is 678 g/mol. The Labute approximate surface area is 294 Å². The molecule has 49 heavy (non-hydrogen) atoms. The Kier molecular flexibility index (Phi) is 13.3. The number of ether oxygens (including phenoxy) is 1. The molecule has 2 saturated heterocycles. The number of rotatable bonds is 11. The van der Waals surface area contributed by atoms with Crippen molar-refractivity contribution in [3.63, 3.8) is 0 Å². The minimum atomic E-state index is -4.73. The first-order valence-corrected chi connectivity index (χ1v) is 17.1. The van der Waals surface area contributed by atoms with E-state index in [1.54, 1.807) is 12.1 Å². The number of aryl methyl sites for hydroxylation is 1. The van der Waals surface area contributed by atoms with Gasteiger partial charge in [0.25, 0.3) is 0 Å². The van der Waals surface area contributed by atoms with Crippen LogP contribution in [-0.2, 0) is 24.4 Å². The standard InChI is InChI=1S/C30H32Cl2F3N5O.C5H10N2O/c1-36-10-3-11-40-20-25(22-6-8-23(9-7-22)41-30(33,34)35)24-16-21(17-37-29(24)40)18-38-12-14-39(15-13-38)19-26-27(31)4-2-5-28(26)32;8-4-5-3-6-1-2-7-5/h2,4-9,16-17,20,36H,3,10-15,18-19H2,1H3;4-7H,1-3H2. The van der Waals surface area contributed by atoms with Crippen molar-refractivity contribution in [3.05, 3.63) is 82.1 Å². The van der Waals surface area contributed by atoms with Gasteiger partial charge in [-0.05, 0) is 61.5 Å². The smallest absolute Gasteiger partial charge is 0.406 e. The first kappa shape index (κ1) is 37.0. The van der Waals surface area contributed by atoms with Crippen LogP contribution in [0.2, 0.25) is 10.0 Å². The van der Waals surface area contributed by atoms with E-state index in [9.17, 15) is 18.0 Å². The number of aldehydes is 1. The third-order valence-corrected chi connectivity index (χ3v) is 9.25. The highest BCUT2D eigenvalue weighted by molar-refractivity contribution is 6.35. The molecule has 1 atom stereocenters. The number of hydrogen-bond donors (Lipinski definition) is 3. The molecule has 2 aromatic carbocycles. The van der Waals surface area contributed by atoms with Crippen LogP contribution in [-0.4, -0.2) is 97.4 Å². The van der Waals surface area contributed by atoms with Crippen LogP contribution in [0.1, 0.15) is 17.5 Å². The Hall–Kier alpha value is -3.23. The van der Waals surface area contributed by atoms with Crippen LogP contribution in [0.4, 0.5) is 13.2 Å². The van der Waals surface area contributed by atoms with Crippen molar-refractivity contribution >= 4 is 40.5 Å². The number of piperazine rings is 2. The molecule has 2 aliphatic rings. The molecular formula is C35H42Cl2F3N7O2. The maximum atomic E-state index is 12.7. The van der Waals surface area contributed by atoms with Crippen LogP contribution in [0.5, 0.6) is 5.75 Å². The van der Waals surface area contributed by atoms with Crippen molar-refractivity contribution < 1.29 is 22.7 Å². The minimum absolute atomic E-state index is 0.0451. The number of nitrogens with zero attached hydrogens (tertiary/aromatic N) is 4. The summed E-state index contributed by atoms with van der Waals surface area (Å²) in [5.41, 5.74) is 4.65. The Bertz CT molecular complexity index is 1640. The summed E-state index contributed by atoms with van der Waals surface area (Å²) in [4.78, 5) is 19.7. The van der Waals surface area contributed by atoms with Crippen molar-refractivity contribution in [3.8, 4) is 16.9 Å². The molecule has 3 N–H and O–H groups in total. The lowest BCUT2D eigenvalue weighted by molar-refractivity contribution is -0.274. The van der Waals surface area contributed by atoms with Gasteiger partial charge < -0.3 is 30.0 Å². The first-order valence-electron chi connectivity index (χ1n) is 16.4. The Morgan fingerprint density at radius 2 is 1.71 bits per heavy atom. The van der Waals surface area contributed by atoms with Crippen molar-refractivity contribution in [2.24, 2.45) is 0 Å². The highest BCUT2D eigenvalue weighted by Crippen LogP contribution is 2.33. The third-order valence-electron chi connectivity index (χ3n) is 8.55. The van der Waals surface area contributed by atoms with E-state index in [0.717, 1.165) is 118 Å². The lowest BCUT2D eigenvalue weighted by atomic mass is 10.0. The molecule has 0 amide bonds. The number of alkyl halides is 3. The van der Waals surface area contributed by atoms with E-state index in [0.29, 0.717) is 10.0 Å². The summed E-state index contributed by atoms with van der Waals surface area (Å²) < 4.78 is 44.1. The normalized spacial score (nSPS) is 17.5. The van der Waals surface area contributed by atoms with Gasteiger partial charge in [-0.3, -0.25) is 9.80 Å². The fourth-order valence-corrected chi connectivity index (χ4v) is 6.52. The molecule has 2 aromatic heterocycles. The quantitative estimate of drug-likeness (QED) is 0.137. The number of nitrogens with one attached hydrogen (secondary N) is 3. The van der Waals surface area contributed by atoms with E-state index in [1.165, 1.54) is 12.1 Å². The van der Waals surface area contributed by atoms with Crippen molar-refractivity contribution in [1.29, 1.82) is 0 Å². The Morgan fingerprint density at radius 1 is 1.02 bits per heavy atom. The maximum absolute atomic E-state index is 12.7. The average Bonchev–Trinajstić information content (AvgIpc) is 3.45. The highest BCUT2D eigenvalue weighted by Gasteiger charge is 2.31. The maximum Gasteiger partial charge on any atom is 0.573 e. The van der Waals surface area contributed by atoms with Gasteiger partial charge in [0.05, 0.1) is 6.04 Å². The number of carbonyl (C=O) groups excluding carboxylic acids is 1. The summed E-state index contributed by atoms with van der Waals surface area (Å²) in [7, 11) is 1.92. The molecule has 0 radical (unpaired) electrons. The zero-order chi connectivity index (χ0) is 34.8. The summed E-state index contributed by atoms with van der Waals surface area (Å²) in [5.74, 6) is -0.242. The largest absolute Gasteiger partial charge is 0.573 e. The Balaban J connectivity index is 0.000000514. The molecule has 14 heteroatoms. The molecule has 2 fully saturated rings. The van der Waals surface area contributed by atoms with Gasteiger partial charge in [-0.1, -0.05) is 41.4 Å². The van der Waals surface area contributed by atoms with Gasteiger partial charge in [0.15, 0.2) is 0 Å². The molecule has 0 saturated carbocycles. The van der Waals surface area contributed by atoms with Crippen LogP contribution >= 0.6 is 23.2 Å². The van der Waals surface area contributed by atoms with Gasteiger partial charge in [-0.25, -0.2) is 4.98 Å². The molecule has 4 heterocycles. The number of fused-ring (bicyclic) bond motifs is 1. The van der Waals surface area contributed by atoms with E-state index in [4.69, 9.17) is 28.2 Å². The van der Waals surface area contributed by atoms with Gasteiger partial charge in [0.1, 0.15) is 17.7 Å². The second kappa shape index (κ2) is 17.6. The molecule has 1 unspecified atom stereocenters. The monoisotopic (exact) mass is 719 g/mol. The number of carbonyl (C=O) groups is 1. The highest BCUT2D eigenvalue weighted by atomic mass is 35.5. The molecule has 6 rings (SSSR count). The van der Waals surface area contributed by atoms with Crippen molar-refractivity contribution in [1.82, 2.24) is 35.3 Å². The number of benzene rings is 2. The zero-order valence-electron chi connectivity index (χ0n) is 27.4. The SMILES string of the molecule is CNCCCn1cc(-c2ccc(OC(F)(F)F)cc2)c2cc(CN3CCN(Cc4c(Cl)cccc4Cl)CC3)cnc21.O=CC1CNCCN1. The molecule has 0 bridgehead atoms. The minimum Gasteiger partial charge on any atom is -0.406 e. The van der Waals surface area contributed by atoms with Gasteiger partial charge in [-0.2, -0.15) is 0 Å². The molecule has 0 spiro atoms. The summed E-state index contributed by atoms with van der Waals surface area (Å²) in [5, 5.41) is 11.7. The molecule has 4 aromatic rings. The Morgan fingerprint density at radius 3 is 2.31 bits per heavy atom.